The van der Waals surface area contributed by atoms with Crippen LogP contribution in [0.2, 0.25) is 0 Å². The van der Waals surface area contributed by atoms with E-state index < -0.39 is 0 Å². The minimum atomic E-state index is -0.134. The van der Waals surface area contributed by atoms with Crippen molar-refractivity contribution in [1.82, 2.24) is 15.1 Å². The van der Waals surface area contributed by atoms with Gasteiger partial charge in [0.2, 0.25) is 11.8 Å². The lowest BCUT2D eigenvalue weighted by atomic mass is 10.1. The largest absolute Gasteiger partial charge is 0.350 e. The molecule has 1 aromatic rings. The molecule has 5 nitrogen and oxygen atoms in total. The Morgan fingerprint density at radius 3 is 2.48 bits per heavy atom. The normalized spacial score (nSPS) is 10.5. The molecule has 0 unspecified atom stereocenters. The van der Waals surface area contributed by atoms with E-state index in [1.54, 1.807) is 4.90 Å². The number of nitrogens with zero attached hydrogens (tertiary/aromatic N) is 2. The van der Waals surface area contributed by atoms with Crippen LogP contribution in [0.25, 0.3) is 0 Å². The van der Waals surface area contributed by atoms with Crippen LogP contribution in [0.15, 0.2) is 24.3 Å². The number of rotatable bonds is 7. The molecular weight excluding hydrogens is 266 g/mol. The molecule has 0 heterocycles. The Labute approximate surface area is 126 Å². The second-order valence-electron chi connectivity index (χ2n) is 5.51. The third kappa shape index (κ3) is 6.90. The van der Waals surface area contributed by atoms with Gasteiger partial charge in [0.05, 0.1) is 6.54 Å². The number of benzene rings is 1. The van der Waals surface area contributed by atoms with E-state index >= 15 is 0 Å². The summed E-state index contributed by atoms with van der Waals surface area (Å²) in [6.45, 7) is 5.40. The smallest absolute Gasteiger partial charge is 0.239 e. The van der Waals surface area contributed by atoms with Crippen molar-refractivity contribution in [2.75, 3.05) is 33.7 Å². The summed E-state index contributed by atoms with van der Waals surface area (Å²) in [6, 6.07) is 8.00. The molecule has 0 aliphatic heterocycles. The van der Waals surface area contributed by atoms with E-state index in [-0.39, 0.29) is 18.4 Å². The summed E-state index contributed by atoms with van der Waals surface area (Å²) in [7, 11) is 3.88. The highest BCUT2D eigenvalue weighted by molar-refractivity contribution is 5.83. The highest BCUT2D eigenvalue weighted by Gasteiger charge is 2.13. The first kappa shape index (κ1) is 17.2. The molecule has 0 spiro atoms. The zero-order valence-electron chi connectivity index (χ0n) is 13.3. The molecule has 2 amide bonds. The molecule has 1 aromatic carbocycles. The Balaban J connectivity index is 2.45. The predicted molar refractivity (Wildman–Crippen MR) is 83.8 cm³/mol. The Hall–Kier alpha value is -1.88. The molecule has 0 fully saturated rings. The number of carbonyl (C=O) groups is 2. The molecule has 0 saturated heterocycles. The van der Waals surface area contributed by atoms with E-state index in [0.29, 0.717) is 13.1 Å². The molecule has 1 N–H and O–H groups in total. The maximum atomic E-state index is 11.9. The molecule has 0 bridgehead atoms. The van der Waals surface area contributed by atoms with Gasteiger partial charge in [-0.05, 0) is 26.6 Å². The van der Waals surface area contributed by atoms with E-state index in [1.807, 2.05) is 50.2 Å². The van der Waals surface area contributed by atoms with Crippen LogP contribution in [0.1, 0.15) is 18.1 Å². The van der Waals surface area contributed by atoms with Gasteiger partial charge in [-0.1, -0.05) is 29.8 Å². The minimum absolute atomic E-state index is 0.0810. The summed E-state index contributed by atoms with van der Waals surface area (Å²) in [5.41, 5.74) is 2.23. The lowest BCUT2D eigenvalue weighted by Gasteiger charge is -2.22. The van der Waals surface area contributed by atoms with Gasteiger partial charge in [-0.2, -0.15) is 0 Å². The molecule has 0 aliphatic rings. The van der Waals surface area contributed by atoms with Crippen molar-refractivity contribution in [3.05, 3.63) is 35.4 Å². The fraction of sp³-hybridized carbons (Fsp3) is 0.500. The van der Waals surface area contributed by atoms with E-state index in [1.165, 1.54) is 6.92 Å². The second-order valence-corrected chi connectivity index (χ2v) is 5.51. The van der Waals surface area contributed by atoms with Gasteiger partial charge in [-0.3, -0.25) is 9.59 Å². The van der Waals surface area contributed by atoms with Gasteiger partial charge < -0.3 is 15.1 Å². The van der Waals surface area contributed by atoms with Crippen LogP contribution in [-0.4, -0.2) is 55.3 Å². The second kappa shape index (κ2) is 8.42. The van der Waals surface area contributed by atoms with Crippen molar-refractivity contribution in [3.63, 3.8) is 0 Å². The van der Waals surface area contributed by atoms with Gasteiger partial charge in [0.1, 0.15) is 0 Å². The molecule has 0 atom stereocenters. The highest BCUT2D eigenvalue weighted by atomic mass is 16.2. The number of nitrogens with one attached hydrogen (secondary N) is 1. The first-order valence-electron chi connectivity index (χ1n) is 7.11. The van der Waals surface area contributed by atoms with Gasteiger partial charge in [0, 0.05) is 26.6 Å². The van der Waals surface area contributed by atoms with E-state index in [9.17, 15) is 9.59 Å². The average Bonchev–Trinajstić information content (AvgIpc) is 2.40. The Morgan fingerprint density at radius 2 is 1.90 bits per heavy atom. The number of likely N-dealkylation sites (N-methyl/N-ethyl adjacent to an activating group) is 1. The van der Waals surface area contributed by atoms with Crippen LogP contribution in [-0.2, 0) is 16.1 Å². The van der Waals surface area contributed by atoms with Gasteiger partial charge in [-0.25, -0.2) is 0 Å². The highest BCUT2D eigenvalue weighted by Crippen LogP contribution is 2.03. The van der Waals surface area contributed by atoms with Crippen molar-refractivity contribution in [2.45, 2.75) is 20.4 Å². The fourth-order valence-corrected chi connectivity index (χ4v) is 1.92. The van der Waals surface area contributed by atoms with E-state index in [2.05, 4.69) is 5.32 Å². The monoisotopic (exact) mass is 291 g/mol. The number of hydrogen-bond donors (Lipinski definition) is 1. The summed E-state index contributed by atoms with van der Waals surface area (Å²) in [5, 5.41) is 2.85. The molecule has 0 aliphatic carbocycles. The lowest BCUT2D eigenvalue weighted by Crippen LogP contribution is -2.42. The quantitative estimate of drug-likeness (QED) is 0.816. The minimum Gasteiger partial charge on any atom is -0.350 e. The van der Waals surface area contributed by atoms with Crippen LogP contribution < -0.4 is 5.32 Å². The standard InChI is InChI=1S/C16H25N3O2/c1-13-6-5-7-15(10-13)11-17-16(21)12-19(14(2)20)9-8-18(3)4/h5-7,10H,8-9,11-12H2,1-4H3,(H,17,21). The van der Waals surface area contributed by atoms with Crippen molar-refractivity contribution in [2.24, 2.45) is 0 Å². The fourth-order valence-electron chi connectivity index (χ4n) is 1.92. The van der Waals surface area contributed by atoms with Gasteiger partial charge in [0.15, 0.2) is 0 Å². The Kier molecular flexibility index (Phi) is 6.88. The first-order valence-corrected chi connectivity index (χ1v) is 7.11. The molecule has 0 radical (unpaired) electrons. The van der Waals surface area contributed by atoms with Crippen LogP contribution in [0, 0.1) is 6.92 Å². The molecule has 21 heavy (non-hydrogen) atoms. The van der Waals surface area contributed by atoms with Crippen LogP contribution in [0.4, 0.5) is 0 Å². The summed E-state index contributed by atoms with van der Waals surface area (Å²) >= 11 is 0. The van der Waals surface area contributed by atoms with E-state index in [0.717, 1.165) is 17.7 Å². The molecule has 0 aromatic heterocycles. The maximum Gasteiger partial charge on any atom is 0.239 e. The van der Waals surface area contributed by atoms with Crippen molar-refractivity contribution in [1.29, 1.82) is 0 Å². The topological polar surface area (TPSA) is 52.7 Å². The van der Waals surface area contributed by atoms with Crippen molar-refractivity contribution < 1.29 is 9.59 Å². The van der Waals surface area contributed by atoms with Gasteiger partial charge in [0.25, 0.3) is 0 Å². The first-order chi connectivity index (χ1) is 9.88. The van der Waals surface area contributed by atoms with Gasteiger partial charge in [-0.15, -0.1) is 0 Å². The maximum absolute atomic E-state index is 11.9. The van der Waals surface area contributed by atoms with Crippen LogP contribution >= 0.6 is 0 Å². The van der Waals surface area contributed by atoms with Crippen molar-refractivity contribution >= 4 is 11.8 Å². The molecule has 5 heteroatoms. The summed E-state index contributed by atoms with van der Waals surface area (Å²) in [4.78, 5) is 27.0. The Morgan fingerprint density at radius 1 is 1.19 bits per heavy atom. The van der Waals surface area contributed by atoms with E-state index in [4.69, 9.17) is 0 Å². The van der Waals surface area contributed by atoms with Gasteiger partial charge >= 0.3 is 0 Å². The Bertz CT molecular complexity index is 486. The SMILES string of the molecule is CC(=O)N(CCN(C)C)CC(=O)NCc1cccc(C)c1. The molecule has 1 rings (SSSR count). The molecule has 116 valence electrons. The third-order valence-electron chi connectivity index (χ3n) is 3.17. The summed E-state index contributed by atoms with van der Waals surface area (Å²) < 4.78 is 0. The average molecular weight is 291 g/mol. The van der Waals surface area contributed by atoms with Crippen molar-refractivity contribution in [3.8, 4) is 0 Å². The number of amides is 2. The lowest BCUT2D eigenvalue weighted by molar-refractivity contribution is -0.134. The number of carbonyl (C=O) groups excluding carboxylic acids is 2. The third-order valence-corrected chi connectivity index (χ3v) is 3.17. The number of hydrogen-bond acceptors (Lipinski definition) is 3. The molecular formula is C16H25N3O2. The predicted octanol–water partition coefficient (Wildman–Crippen LogP) is 1.02. The zero-order valence-corrected chi connectivity index (χ0v) is 13.3. The summed E-state index contributed by atoms with van der Waals surface area (Å²) in [6.07, 6.45) is 0. The van der Waals surface area contributed by atoms with Crippen LogP contribution in [0.3, 0.4) is 0 Å². The molecule has 0 saturated carbocycles. The summed E-state index contributed by atoms with van der Waals surface area (Å²) in [5.74, 6) is -0.215. The number of aryl methyl sites for hydroxylation is 1. The zero-order chi connectivity index (χ0) is 15.8. The van der Waals surface area contributed by atoms with Crippen LogP contribution in [0.5, 0.6) is 0 Å².